The lowest BCUT2D eigenvalue weighted by molar-refractivity contribution is -0.129. The number of aliphatic hydroxyl groups excluding tert-OH is 1. The maximum Gasteiger partial charge on any atom is 0.227 e. The molecule has 0 spiro atoms. The number of aliphatic hydroxyl groups is 1. The maximum atomic E-state index is 13.4. The summed E-state index contributed by atoms with van der Waals surface area (Å²) < 4.78 is 26.4. The van der Waals surface area contributed by atoms with Gasteiger partial charge < -0.3 is 19.8 Å². The first-order chi connectivity index (χ1) is 13.0. The fourth-order valence-electron chi connectivity index (χ4n) is 4.11. The van der Waals surface area contributed by atoms with E-state index in [2.05, 4.69) is 16.8 Å². The number of nitrogens with zero attached hydrogens (tertiary/aromatic N) is 3. The lowest BCUT2D eigenvalue weighted by Crippen LogP contribution is -2.36. The average Bonchev–Trinajstić information content (AvgIpc) is 2.94. The molecule has 5 nitrogen and oxygen atoms in total. The number of benzene rings is 1. The molecular weight excluding hydrogens is 352 g/mol. The Hall–Kier alpha value is -1.57. The smallest absolute Gasteiger partial charge is 0.227 e. The third-order valence-corrected chi connectivity index (χ3v) is 5.81. The zero-order chi connectivity index (χ0) is 19.4. The van der Waals surface area contributed by atoms with Crippen LogP contribution >= 0.6 is 0 Å². The number of likely N-dealkylation sites (N-methyl/N-ethyl adjacent to an activating group) is 1. The first kappa shape index (κ1) is 20.2. The molecule has 0 unspecified atom stereocenters. The summed E-state index contributed by atoms with van der Waals surface area (Å²) in [5.74, 6) is -1.63. The van der Waals surface area contributed by atoms with Crippen LogP contribution in [-0.4, -0.2) is 85.2 Å². The van der Waals surface area contributed by atoms with Crippen molar-refractivity contribution in [2.45, 2.75) is 12.8 Å². The van der Waals surface area contributed by atoms with Crippen molar-refractivity contribution in [2.75, 3.05) is 59.5 Å². The molecule has 0 aromatic heterocycles. The molecule has 27 heavy (non-hydrogen) atoms. The van der Waals surface area contributed by atoms with E-state index >= 15 is 0 Å². The van der Waals surface area contributed by atoms with E-state index in [1.54, 1.807) is 4.90 Å². The van der Waals surface area contributed by atoms with Gasteiger partial charge in [-0.15, -0.1) is 0 Å². The summed E-state index contributed by atoms with van der Waals surface area (Å²) >= 11 is 0. The number of carbonyl (C=O) groups excluding carboxylic acids is 1. The topological polar surface area (TPSA) is 47.0 Å². The van der Waals surface area contributed by atoms with Crippen LogP contribution in [0.2, 0.25) is 0 Å². The van der Waals surface area contributed by atoms with Crippen LogP contribution in [0.1, 0.15) is 12.0 Å². The molecule has 0 bridgehead atoms. The highest BCUT2D eigenvalue weighted by Gasteiger charge is 2.35. The normalized spacial score (nSPS) is 25.0. The molecule has 1 aromatic rings. The van der Waals surface area contributed by atoms with Gasteiger partial charge in [0.2, 0.25) is 5.91 Å². The van der Waals surface area contributed by atoms with Gasteiger partial charge in [-0.1, -0.05) is 6.07 Å². The lowest BCUT2D eigenvalue weighted by atomic mass is 9.96. The lowest BCUT2D eigenvalue weighted by Gasteiger charge is -2.26. The van der Waals surface area contributed by atoms with Crippen molar-refractivity contribution in [1.29, 1.82) is 0 Å². The van der Waals surface area contributed by atoms with Gasteiger partial charge in [0.1, 0.15) is 0 Å². The van der Waals surface area contributed by atoms with Gasteiger partial charge in [-0.05, 0) is 50.2 Å². The molecule has 150 valence electrons. The molecule has 2 saturated heterocycles. The third kappa shape index (κ3) is 5.24. The van der Waals surface area contributed by atoms with Gasteiger partial charge in [0.05, 0.1) is 6.42 Å². The van der Waals surface area contributed by atoms with E-state index in [0.29, 0.717) is 18.7 Å². The first-order valence-corrected chi connectivity index (χ1v) is 9.69. The van der Waals surface area contributed by atoms with Gasteiger partial charge in [-0.3, -0.25) is 4.79 Å². The van der Waals surface area contributed by atoms with E-state index in [9.17, 15) is 18.7 Å². The number of amides is 1. The summed E-state index contributed by atoms with van der Waals surface area (Å²) in [7, 11) is 2.13. The van der Waals surface area contributed by atoms with Gasteiger partial charge in [0, 0.05) is 45.2 Å². The molecule has 7 heteroatoms. The number of likely N-dealkylation sites (tertiary alicyclic amines) is 1. The SMILES string of the molecule is CN1CCCN(C[C@@H]2CN(C(=O)Cc3ccc(F)c(F)c3)C[C@@H]2CO)CC1. The van der Waals surface area contributed by atoms with Gasteiger partial charge in [-0.25, -0.2) is 8.78 Å². The molecule has 1 aromatic carbocycles. The minimum absolute atomic E-state index is 0.0522. The van der Waals surface area contributed by atoms with Crippen molar-refractivity contribution in [3.63, 3.8) is 0 Å². The van der Waals surface area contributed by atoms with Crippen LogP contribution in [-0.2, 0) is 11.2 Å². The minimum atomic E-state index is -0.932. The second kappa shape index (κ2) is 9.08. The molecule has 2 heterocycles. The largest absolute Gasteiger partial charge is 0.396 e. The maximum absolute atomic E-state index is 13.4. The Labute approximate surface area is 159 Å². The standard InChI is InChI=1S/C20H29F2N3O2/c1-23-5-2-6-24(8-7-23)11-16-12-25(13-17(16)14-26)20(27)10-15-3-4-18(21)19(22)9-15/h3-4,9,16-17,26H,2,5-8,10-14H2,1H3/t16-,17-/m1/s1. The molecule has 0 saturated carbocycles. The monoisotopic (exact) mass is 381 g/mol. The third-order valence-electron chi connectivity index (χ3n) is 5.81. The first-order valence-electron chi connectivity index (χ1n) is 9.69. The van der Waals surface area contributed by atoms with Crippen LogP contribution in [0, 0.1) is 23.5 Å². The Balaban J connectivity index is 1.57. The van der Waals surface area contributed by atoms with E-state index in [-0.39, 0.29) is 30.8 Å². The molecular formula is C20H29F2N3O2. The summed E-state index contributed by atoms with van der Waals surface area (Å²) in [6, 6.07) is 3.58. The summed E-state index contributed by atoms with van der Waals surface area (Å²) in [6.07, 6.45) is 1.18. The molecule has 0 aliphatic carbocycles. The Morgan fingerprint density at radius 2 is 1.89 bits per heavy atom. The van der Waals surface area contributed by atoms with Crippen LogP contribution in [0.3, 0.4) is 0 Å². The zero-order valence-corrected chi connectivity index (χ0v) is 15.9. The number of hydrogen-bond acceptors (Lipinski definition) is 4. The Kier molecular flexibility index (Phi) is 6.78. The van der Waals surface area contributed by atoms with Gasteiger partial charge in [0.15, 0.2) is 11.6 Å². The number of hydrogen-bond donors (Lipinski definition) is 1. The van der Waals surface area contributed by atoms with Crippen LogP contribution < -0.4 is 0 Å². The second-order valence-electron chi connectivity index (χ2n) is 7.88. The summed E-state index contributed by atoms with van der Waals surface area (Å²) in [5, 5.41) is 9.76. The van der Waals surface area contributed by atoms with Crippen LogP contribution in [0.4, 0.5) is 8.78 Å². The van der Waals surface area contributed by atoms with E-state index in [1.807, 2.05) is 0 Å². The predicted molar refractivity (Wildman–Crippen MR) is 99.3 cm³/mol. The summed E-state index contributed by atoms with van der Waals surface area (Å²) in [4.78, 5) is 19.1. The molecule has 0 radical (unpaired) electrons. The molecule has 2 fully saturated rings. The van der Waals surface area contributed by atoms with Crippen molar-refractivity contribution >= 4 is 5.91 Å². The van der Waals surface area contributed by atoms with Gasteiger partial charge >= 0.3 is 0 Å². The van der Waals surface area contributed by atoms with Gasteiger partial charge in [0.25, 0.3) is 0 Å². The fourth-order valence-corrected chi connectivity index (χ4v) is 4.11. The van der Waals surface area contributed by atoms with Crippen molar-refractivity contribution in [1.82, 2.24) is 14.7 Å². The van der Waals surface area contributed by atoms with E-state index in [1.165, 1.54) is 6.07 Å². The highest BCUT2D eigenvalue weighted by Crippen LogP contribution is 2.25. The van der Waals surface area contributed by atoms with E-state index in [4.69, 9.17) is 0 Å². The van der Waals surface area contributed by atoms with Crippen molar-refractivity contribution in [3.8, 4) is 0 Å². The zero-order valence-electron chi connectivity index (χ0n) is 15.9. The summed E-state index contributed by atoms with van der Waals surface area (Å²) in [5.41, 5.74) is 0.471. The van der Waals surface area contributed by atoms with Crippen LogP contribution in [0.5, 0.6) is 0 Å². The minimum Gasteiger partial charge on any atom is -0.396 e. The molecule has 2 aliphatic rings. The van der Waals surface area contributed by atoms with Crippen molar-refractivity contribution in [2.24, 2.45) is 11.8 Å². The molecule has 2 aliphatic heterocycles. The van der Waals surface area contributed by atoms with Gasteiger partial charge in [-0.2, -0.15) is 0 Å². The quantitative estimate of drug-likeness (QED) is 0.833. The predicted octanol–water partition coefficient (Wildman–Crippen LogP) is 1.21. The van der Waals surface area contributed by atoms with E-state index in [0.717, 1.165) is 51.3 Å². The average molecular weight is 381 g/mol. The molecule has 1 N–H and O–H groups in total. The highest BCUT2D eigenvalue weighted by molar-refractivity contribution is 5.79. The highest BCUT2D eigenvalue weighted by atomic mass is 19.2. The van der Waals surface area contributed by atoms with E-state index < -0.39 is 11.6 Å². The van der Waals surface area contributed by atoms with Crippen molar-refractivity contribution < 1.29 is 18.7 Å². The Morgan fingerprint density at radius 1 is 1.11 bits per heavy atom. The Morgan fingerprint density at radius 3 is 2.63 bits per heavy atom. The number of halogens is 2. The second-order valence-corrected chi connectivity index (χ2v) is 7.88. The molecule has 2 atom stereocenters. The summed E-state index contributed by atoms with van der Waals surface area (Å²) in [6.45, 7) is 6.27. The molecule has 3 rings (SSSR count). The van der Waals surface area contributed by atoms with Crippen LogP contribution in [0.15, 0.2) is 18.2 Å². The molecule has 1 amide bonds. The van der Waals surface area contributed by atoms with Crippen molar-refractivity contribution in [3.05, 3.63) is 35.4 Å². The Bertz CT molecular complexity index is 658. The van der Waals surface area contributed by atoms with Crippen LogP contribution in [0.25, 0.3) is 0 Å². The number of carbonyl (C=O) groups is 1. The fraction of sp³-hybridized carbons (Fsp3) is 0.650. The number of rotatable bonds is 5.